The number of carbonyl (C=O) groups excluding carboxylic acids is 2. The van der Waals surface area contributed by atoms with Crippen LogP contribution in [0.2, 0.25) is 0 Å². The predicted octanol–water partition coefficient (Wildman–Crippen LogP) is 3.11. The Morgan fingerprint density at radius 1 is 1.04 bits per heavy atom. The molecule has 0 aromatic heterocycles. The maximum absolute atomic E-state index is 12.0. The molecule has 2 amide bonds. The van der Waals surface area contributed by atoms with E-state index in [1.54, 1.807) is 24.3 Å². The molecule has 0 bridgehead atoms. The second-order valence-electron chi connectivity index (χ2n) is 6.58. The van der Waals surface area contributed by atoms with Crippen molar-refractivity contribution >= 4 is 17.5 Å². The van der Waals surface area contributed by atoms with Crippen molar-refractivity contribution in [2.24, 2.45) is 5.92 Å². The normalized spacial score (nSPS) is 20.9. The molecule has 0 spiro atoms. The van der Waals surface area contributed by atoms with Crippen molar-refractivity contribution in [3.05, 3.63) is 24.3 Å². The molecule has 2 rings (SSSR count). The number of ether oxygens (including phenoxy) is 1. The van der Waals surface area contributed by atoms with E-state index >= 15 is 0 Å². The lowest BCUT2D eigenvalue weighted by Gasteiger charge is -2.26. The van der Waals surface area contributed by atoms with Crippen LogP contribution in [0.5, 0.6) is 5.75 Å². The van der Waals surface area contributed by atoms with E-state index < -0.39 is 11.8 Å². The Labute approximate surface area is 137 Å². The van der Waals surface area contributed by atoms with Gasteiger partial charge in [0.15, 0.2) is 0 Å². The zero-order valence-corrected chi connectivity index (χ0v) is 14.1. The molecule has 1 saturated carbocycles. The molecule has 1 fully saturated rings. The summed E-state index contributed by atoms with van der Waals surface area (Å²) in [6.07, 6.45) is 4.19. The van der Waals surface area contributed by atoms with Gasteiger partial charge in [0.25, 0.3) is 0 Å². The quantitative estimate of drug-likeness (QED) is 0.838. The molecule has 126 valence electrons. The Bertz CT molecular complexity index is 532. The summed E-state index contributed by atoms with van der Waals surface area (Å²) in [6.45, 7) is 6.12. The van der Waals surface area contributed by atoms with Crippen molar-refractivity contribution in [3.63, 3.8) is 0 Å². The number of anilines is 1. The first-order chi connectivity index (χ1) is 10.9. The summed E-state index contributed by atoms with van der Waals surface area (Å²) in [5.41, 5.74) is 0.582. The highest BCUT2D eigenvalue weighted by Gasteiger charge is 2.22. The smallest absolute Gasteiger partial charge is 0.313 e. The van der Waals surface area contributed by atoms with Crippen molar-refractivity contribution in [2.75, 3.05) is 5.32 Å². The Morgan fingerprint density at radius 3 is 2.22 bits per heavy atom. The topological polar surface area (TPSA) is 67.4 Å². The number of rotatable bonds is 4. The zero-order chi connectivity index (χ0) is 16.8. The van der Waals surface area contributed by atoms with Crippen molar-refractivity contribution in [1.29, 1.82) is 0 Å². The highest BCUT2D eigenvalue weighted by Crippen LogP contribution is 2.23. The molecule has 1 aromatic rings. The van der Waals surface area contributed by atoms with E-state index in [4.69, 9.17) is 4.74 Å². The third kappa shape index (κ3) is 5.58. The van der Waals surface area contributed by atoms with E-state index in [-0.39, 0.29) is 12.1 Å². The van der Waals surface area contributed by atoms with Gasteiger partial charge in [-0.2, -0.15) is 0 Å². The Balaban J connectivity index is 1.82. The second kappa shape index (κ2) is 7.99. The van der Waals surface area contributed by atoms with Crippen LogP contribution in [0.25, 0.3) is 0 Å². The number of nitrogens with one attached hydrogen (secondary N) is 2. The van der Waals surface area contributed by atoms with Crippen LogP contribution in [0.4, 0.5) is 5.69 Å². The summed E-state index contributed by atoms with van der Waals surface area (Å²) in [4.78, 5) is 23.9. The summed E-state index contributed by atoms with van der Waals surface area (Å²) in [5, 5.41) is 5.44. The van der Waals surface area contributed by atoms with Crippen molar-refractivity contribution < 1.29 is 14.3 Å². The van der Waals surface area contributed by atoms with Crippen LogP contribution in [-0.2, 0) is 9.59 Å². The molecule has 0 heterocycles. The molecule has 1 aliphatic rings. The number of hydrogen-bond acceptors (Lipinski definition) is 3. The van der Waals surface area contributed by atoms with Gasteiger partial charge < -0.3 is 15.4 Å². The summed E-state index contributed by atoms with van der Waals surface area (Å²) in [7, 11) is 0. The van der Waals surface area contributed by atoms with Crippen LogP contribution in [0.1, 0.15) is 46.5 Å². The number of benzene rings is 1. The monoisotopic (exact) mass is 318 g/mol. The van der Waals surface area contributed by atoms with Crippen LogP contribution in [0.15, 0.2) is 24.3 Å². The van der Waals surface area contributed by atoms with E-state index in [1.807, 2.05) is 13.8 Å². The Kier molecular flexibility index (Phi) is 6.02. The fraction of sp³-hybridized carbons (Fsp3) is 0.556. The summed E-state index contributed by atoms with van der Waals surface area (Å²) >= 11 is 0. The third-order valence-corrected chi connectivity index (χ3v) is 4.04. The van der Waals surface area contributed by atoms with E-state index in [0.29, 0.717) is 11.6 Å². The van der Waals surface area contributed by atoms with Gasteiger partial charge in [0.05, 0.1) is 6.10 Å². The largest absolute Gasteiger partial charge is 0.491 e. The number of amides is 2. The summed E-state index contributed by atoms with van der Waals surface area (Å²) < 4.78 is 5.54. The van der Waals surface area contributed by atoms with E-state index in [9.17, 15) is 9.59 Å². The van der Waals surface area contributed by atoms with Crippen molar-refractivity contribution in [3.8, 4) is 5.75 Å². The number of hydrogen-bond donors (Lipinski definition) is 2. The highest BCUT2D eigenvalue weighted by atomic mass is 16.5. The van der Waals surface area contributed by atoms with Gasteiger partial charge in [-0.15, -0.1) is 0 Å². The first kappa shape index (κ1) is 17.3. The van der Waals surface area contributed by atoms with Gasteiger partial charge in [-0.25, -0.2) is 0 Å². The minimum atomic E-state index is -0.624. The Morgan fingerprint density at radius 2 is 1.65 bits per heavy atom. The first-order valence-electron chi connectivity index (χ1n) is 8.32. The van der Waals surface area contributed by atoms with Crippen LogP contribution in [0, 0.1) is 5.92 Å². The molecular weight excluding hydrogens is 292 g/mol. The lowest BCUT2D eigenvalue weighted by molar-refractivity contribution is -0.136. The van der Waals surface area contributed by atoms with E-state index in [1.165, 1.54) is 0 Å². The molecule has 2 N–H and O–H groups in total. The average Bonchev–Trinajstić information content (AvgIpc) is 2.51. The molecule has 0 saturated heterocycles. The lowest BCUT2D eigenvalue weighted by atomic mass is 9.87. The van der Waals surface area contributed by atoms with Crippen LogP contribution in [-0.4, -0.2) is 24.0 Å². The van der Waals surface area contributed by atoms with Gasteiger partial charge in [0.1, 0.15) is 5.75 Å². The SMILES string of the molecule is CC1CCC(NC(=O)C(=O)Nc2ccc(OC(C)C)cc2)CC1. The van der Waals surface area contributed by atoms with Gasteiger partial charge >= 0.3 is 11.8 Å². The first-order valence-corrected chi connectivity index (χ1v) is 8.32. The maximum atomic E-state index is 12.0. The average molecular weight is 318 g/mol. The second-order valence-corrected chi connectivity index (χ2v) is 6.58. The molecular formula is C18H26N2O3. The van der Waals surface area contributed by atoms with E-state index in [2.05, 4.69) is 17.6 Å². The standard InChI is InChI=1S/C18H26N2O3/c1-12(2)23-16-10-8-15(9-11-16)20-18(22)17(21)19-14-6-4-13(3)5-7-14/h8-14H,4-7H2,1-3H3,(H,19,21)(H,20,22). The van der Waals surface area contributed by atoms with Crippen molar-refractivity contribution in [1.82, 2.24) is 5.32 Å². The molecule has 23 heavy (non-hydrogen) atoms. The molecule has 5 nitrogen and oxygen atoms in total. The van der Waals surface area contributed by atoms with Crippen LogP contribution >= 0.6 is 0 Å². The molecule has 5 heteroatoms. The van der Waals surface area contributed by atoms with Gasteiger partial charge in [0.2, 0.25) is 0 Å². The fourth-order valence-corrected chi connectivity index (χ4v) is 2.73. The van der Waals surface area contributed by atoms with E-state index in [0.717, 1.165) is 31.4 Å². The van der Waals surface area contributed by atoms with Crippen LogP contribution < -0.4 is 15.4 Å². The van der Waals surface area contributed by atoms with Gasteiger partial charge in [-0.3, -0.25) is 9.59 Å². The minimum absolute atomic E-state index is 0.0967. The third-order valence-electron chi connectivity index (χ3n) is 4.04. The molecule has 0 unspecified atom stereocenters. The molecule has 1 aromatic carbocycles. The van der Waals surface area contributed by atoms with Gasteiger partial charge in [0, 0.05) is 11.7 Å². The van der Waals surface area contributed by atoms with Crippen LogP contribution in [0.3, 0.4) is 0 Å². The van der Waals surface area contributed by atoms with Crippen molar-refractivity contribution in [2.45, 2.75) is 58.6 Å². The fourth-order valence-electron chi connectivity index (χ4n) is 2.73. The molecule has 1 aliphatic carbocycles. The molecule has 0 radical (unpaired) electrons. The number of carbonyl (C=O) groups is 2. The molecule has 0 aliphatic heterocycles. The van der Waals surface area contributed by atoms with Gasteiger partial charge in [-0.05, 0) is 69.7 Å². The Hall–Kier alpha value is -2.04. The molecule has 0 atom stereocenters. The van der Waals surface area contributed by atoms with Gasteiger partial charge in [-0.1, -0.05) is 6.92 Å². The predicted molar refractivity (Wildman–Crippen MR) is 90.4 cm³/mol. The summed E-state index contributed by atoms with van der Waals surface area (Å²) in [5.74, 6) is 0.260. The zero-order valence-electron chi connectivity index (χ0n) is 14.1. The summed E-state index contributed by atoms with van der Waals surface area (Å²) in [6, 6.07) is 7.12. The highest BCUT2D eigenvalue weighted by molar-refractivity contribution is 6.39. The minimum Gasteiger partial charge on any atom is -0.491 e. The maximum Gasteiger partial charge on any atom is 0.313 e. The lowest BCUT2D eigenvalue weighted by Crippen LogP contribution is -2.43.